The molecular formula is C45H28N4O. The van der Waals surface area contributed by atoms with Gasteiger partial charge in [-0.05, 0) is 53.6 Å². The minimum atomic E-state index is 0.598. The number of aromatic nitrogens is 4. The molecule has 0 aliphatic rings. The molecule has 0 aliphatic carbocycles. The summed E-state index contributed by atoms with van der Waals surface area (Å²) in [5, 5.41) is 4.68. The minimum Gasteiger partial charge on any atom is -0.456 e. The number of rotatable bonds is 5. The third-order valence-corrected chi connectivity index (χ3v) is 9.49. The van der Waals surface area contributed by atoms with Crippen LogP contribution in [0.2, 0.25) is 0 Å². The van der Waals surface area contributed by atoms with E-state index in [9.17, 15) is 0 Å². The summed E-state index contributed by atoms with van der Waals surface area (Å²) in [6.45, 7) is 0. The van der Waals surface area contributed by atoms with Crippen molar-refractivity contribution in [2.45, 2.75) is 0 Å². The van der Waals surface area contributed by atoms with Crippen molar-refractivity contribution in [3.63, 3.8) is 0 Å². The molecule has 50 heavy (non-hydrogen) atoms. The van der Waals surface area contributed by atoms with Crippen LogP contribution in [0.25, 0.3) is 94.7 Å². The Morgan fingerprint density at radius 3 is 1.46 bits per heavy atom. The van der Waals surface area contributed by atoms with Crippen LogP contribution in [-0.2, 0) is 0 Å². The summed E-state index contributed by atoms with van der Waals surface area (Å²) in [7, 11) is 0. The third kappa shape index (κ3) is 4.67. The van der Waals surface area contributed by atoms with Crippen LogP contribution < -0.4 is 0 Å². The Labute approximate surface area is 287 Å². The van der Waals surface area contributed by atoms with E-state index in [0.717, 1.165) is 55.4 Å². The van der Waals surface area contributed by atoms with Gasteiger partial charge in [-0.1, -0.05) is 127 Å². The van der Waals surface area contributed by atoms with Crippen molar-refractivity contribution < 1.29 is 4.42 Å². The fourth-order valence-corrected chi connectivity index (χ4v) is 7.03. The Kier molecular flexibility index (Phi) is 6.42. The minimum absolute atomic E-state index is 0.598. The molecule has 0 fully saturated rings. The van der Waals surface area contributed by atoms with Crippen molar-refractivity contribution >= 4 is 43.7 Å². The maximum Gasteiger partial charge on any atom is 0.164 e. The van der Waals surface area contributed by atoms with E-state index in [4.69, 9.17) is 19.4 Å². The van der Waals surface area contributed by atoms with E-state index in [1.54, 1.807) is 0 Å². The maximum absolute atomic E-state index is 6.19. The summed E-state index contributed by atoms with van der Waals surface area (Å²) in [6, 6.07) is 58.7. The van der Waals surface area contributed by atoms with Crippen molar-refractivity contribution in [1.29, 1.82) is 0 Å². The van der Waals surface area contributed by atoms with Crippen molar-refractivity contribution in [2.24, 2.45) is 0 Å². The molecule has 3 aromatic heterocycles. The largest absolute Gasteiger partial charge is 0.456 e. The highest BCUT2D eigenvalue weighted by molar-refractivity contribution is 6.09. The highest BCUT2D eigenvalue weighted by Gasteiger charge is 2.15. The van der Waals surface area contributed by atoms with E-state index >= 15 is 0 Å². The second kappa shape index (κ2) is 11.4. The molecule has 0 saturated heterocycles. The topological polar surface area (TPSA) is 56.7 Å². The fraction of sp³-hybridized carbons (Fsp3) is 0. The van der Waals surface area contributed by atoms with Gasteiger partial charge in [0.05, 0.1) is 11.0 Å². The van der Waals surface area contributed by atoms with E-state index in [-0.39, 0.29) is 0 Å². The van der Waals surface area contributed by atoms with Crippen LogP contribution in [0.5, 0.6) is 0 Å². The smallest absolute Gasteiger partial charge is 0.164 e. The molecule has 5 heteroatoms. The first-order valence-corrected chi connectivity index (χ1v) is 16.7. The van der Waals surface area contributed by atoms with Gasteiger partial charge in [0.1, 0.15) is 11.2 Å². The number of fused-ring (bicyclic) bond motifs is 6. The van der Waals surface area contributed by atoms with Gasteiger partial charge >= 0.3 is 0 Å². The molecule has 0 atom stereocenters. The Morgan fingerprint density at radius 2 is 0.800 bits per heavy atom. The first-order chi connectivity index (χ1) is 24.8. The molecule has 234 valence electrons. The highest BCUT2D eigenvalue weighted by Crippen LogP contribution is 2.34. The number of hydrogen-bond donors (Lipinski definition) is 0. The first kappa shape index (κ1) is 28.2. The van der Waals surface area contributed by atoms with Crippen molar-refractivity contribution in [1.82, 2.24) is 19.5 Å². The Morgan fingerprint density at radius 1 is 0.340 bits per heavy atom. The summed E-state index contributed by atoms with van der Waals surface area (Å²) >= 11 is 0. The number of para-hydroxylation sites is 3. The number of nitrogens with zero attached hydrogens (tertiary/aromatic N) is 4. The zero-order chi connectivity index (χ0) is 33.0. The lowest BCUT2D eigenvalue weighted by Gasteiger charge is -2.10. The van der Waals surface area contributed by atoms with E-state index in [0.29, 0.717) is 17.5 Å². The molecule has 0 saturated carbocycles. The quantitative estimate of drug-likeness (QED) is 0.188. The normalized spacial score (nSPS) is 11.6. The summed E-state index contributed by atoms with van der Waals surface area (Å²) in [4.78, 5) is 14.9. The highest BCUT2D eigenvalue weighted by atomic mass is 16.3. The monoisotopic (exact) mass is 640 g/mol. The molecule has 0 N–H and O–H groups in total. The van der Waals surface area contributed by atoms with Gasteiger partial charge in [0.25, 0.3) is 0 Å². The van der Waals surface area contributed by atoms with Crippen molar-refractivity contribution in [3.8, 4) is 51.0 Å². The van der Waals surface area contributed by atoms with E-state index in [1.165, 1.54) is 21.8 Å². The number of furan rings is 1. The van der Waals surface area contributed by atoms with E-state index < -0.39 is 0 Å². The van der Waals surface area contributed by atoms with Gasteiger partial charge in [-0.3, -0.25) is 0 Å². The number of benzene rings is 7. The summed E-state index contributed by atoms with van der Waals surface area (Å²) in [5.41, 5.74) is 10.2. The Balaban J connectivity index is 1.01. The first-order valence-electron chi connectivity index (χ1n) is 16.7. The second-order valence-electron chi connectivity index (χ2n) is 12.5. The average molecular weight is 641 g/mol. The fourth-order valence-electron chi connectivity index (χ4n) is 7.03. The zero-order valence-corrected chi connectivity index (χ0v) is 26.9. The Hall–Kier alpha value is -6.85. The average Bonchev–Trinajstić information content (AvgIpc) is 3.74. The molecular weight excluding hydrogens is 613 g/mol. The molecule has 10 aromatic rings. The van der Waals surface area contributed by atoms with Gasteiger partial charge in [0.2, 0.25) is 0 Å². The van der Waals surface area contributed by atoms with Gasteiger partial charge in [-0.2, -0.15) is 0 Å². The summed E-state index contributed by atoms with van der Waals surface area (Å²) in [5.74, 6) is 1.84. The van der Waals surface area contributed by atoms with Gasteiger partial charge < -0.3 is 8.98 Å². The predicted octanol–water partition coefficient (Wildman–Crippen LogP) is 11.5. The molecule has 0 unspecified atom stereocenters. The van der Waals surface area contributed by atoms with Crippen LogP contribution >= 0.6 is 0 Å². The maximum atomic E-state index is 6.19. The third-order valence-electron chi connectivity index (χ3n) is 9.49. The zero-order valence-electron chi connectivity index (χ0n) is 26.9. The van der Waals surface area contributed by atoms with E-state index in [1.807, 2.05) is 54.6 Å². The van der Waals surface area contributed by atoms with Gasteiger partial charge in [-0.15, -0.1) is 0 Å². The van der Waals surface area contributed by atoms with Crippen LogP contribution in [0.3, 0.4) is 0 Å². The second-order valence-corrected chi connectivity index (χ2v) is 12.5. The molecule has 0 amide bonds. The molecule has 0 bridgehead atoms. The summed E-state index contributed by atoms with van der Waals surface area (Å²) in [6.07, 6.45) is 0. The van der Waals surface area contributed by atoms with Gasteiger partial charge in [0.15, 0.2) is 17.5 Å². The number of hydrogen-bond acceptors (Lipinski definition) is 4. The van der Waals surface area contributed by atoms with Crippen LogP contribution in [-0.4, -0.2) is 19.5 Å². The lowest BCUT2D eigenvalue weighted by molar-refractivity contribution is 0.669. The van der Waals surface area contributed by atoms with Crippen LogP contribution in [0.15, 0.2) is 174 Å². The van der Waals surface area contributed by atoms with Gasteiger partial charge in [0, 0.05) is 43.9 Å². The predicted molar refractivity (Wildman–Crippen MR) is 203 cm³/mol. The lowest BCUT2D eigenvalue weighted by Crippen LogP contribution is -2.00. The SMILES string of the molecule is c1ccc(-c2nc(-c3ccc(-c4ccc(-n5c6ccccc6c6ccccc65)cc4)cc3)nc(-c3ccc4c(c3)oc3ccccc34)n2)cc1. The van der Waals surface area contributed by atoms with Crippen LogP contribution in [0.4, 0.5) is 0 Å². The summed E-state index contributed by atoms with van der Waals surface area (Å²) < 4.78 is 8.53. The molecule has 0 spiro atoms. The molecule has 3 heterocycles. The molecule has 10 rings (SSSR count). The van der Waals surface area contributed by atoms with E-state index in [2.05, 4.69) is 120 Å². The van der Waals surface area contributed by atoms with Crippen LogP contribution in [0, 0.1) is 0 Å². The van der Waals surface area contributed by atoms with Crippen LogP contribution in [0.1, 0.15) is 0 Å². The van der Waals surface area contributed by atoms with Crippen molar-refractivity contribution in [2.75, 3.05) is 0 Å². The molecule has 0 radical (unpaired) electrons. The standard InChI is InChI=1S/C45H28N4O/c1-2-10-31(11-3-1)43-46-44(48-45(47-43)33-24-27-38-37-14-6-9-17-41(37)50-42(38)28-33)32-20-18-29(19-21-32)30-22-25-34(26-23-30)49-39-15-7-4-12-35(39)36-13-5-8-16-40(36)49/h1-28H. The molecule has 5 nitrogen and oxygen atoms in total. The van der Waals surface area contributed by atoms with Gasteiger partial charge in [-0.25, -0.2) is 15.0 Å². The lowest BCUT2D eigenvalue weighted by atomic mass is 10.0. The Bertz CT molecular complexity index is 2800. The molecule has 0 aliphatic heterocycles. The van der Waals surface area contributed by atoms with Crippen molar-refractivity contribution in [3.05, 3.63) is 170 Å². The molecule has 7 aromatic carbocycles.